The molecule has 3 aromatic rings. The second kappa shape index (κ2) is 7.73. The zero-order chi connectivity index (χ0) is 20.4. The van der Waals surface area contributed by atoms with Gasteiger partial charge in [0.1, 0.15) is 5.75 Å². The summed E-state index contributed by atoms with van der Waals surface area (Å²) < 4.78 is 33.2. The number of hydrogen-bond acceptors (Lipinski definition) is 5. The van der Waals surface area contributed by atoms with Crippen molar-refractivity contribution in [3.05, 3.63) is 60.7 Å². The van der Waals surface area contributed by atoms with Gasteiger partial charge in [0.25, 0.3) is 5.91 Å². The lowest BCUT2D eigenvalue weighted by molar-refractivity contribution is -0.122. The number of sulfonamides is 1. The fraction of sp³-hybridized carbons (Fsp3) is 0.190. The molecule has 0 saturated heterocycles. The van der Waals surface area contributed by atoms with E-state index in [0.717, 1.165) is 16.5 Å². The van der Waals surface area contributed by atoms with Crippen molar-refractivity contribution in [3.63, 3.8) is 0 Å². The maximum atomic E-state index is 12.6. The summed E-state index contributed by atoms with van der Waals surface area (Å²) in [5, 5.41) is 8.13. The number of ether oxygens (including phenoxy) is 1. The van der Waals surface area contributed by atoms with Gasteiger partial charge in [0, 0.05) is 24.2 Å². The molecule has 0 spiro atoms. The maximum Gasteiger partial charge on any atom is 0.265 e. The van der Waals surface area contributed by atoms with E-state index in [1.165, 1.54) is 12.1 Å². The summed E-state index contributed by atoms with van der Waals surface area (Å²) in [5.74, 6) is 0.146. The molecule has 1 amide bonds. The molecule has 0 fully saturated rings. The van der Waals surface area contributed by atoms with Gasteiger partial charge in [-0.1, -0.05) is 36.4 Å². The standard InChI is InChI=1S/C21H21N3O4S/c1-14-21(25)24-19-13-16(9-10-20(19)28-14)29(26,27)23-12-11-22-18-8-4-6-15-5-2-3-7-17(15)18/h2-10,13-14,22-23H,11-12H2,1H3,(H,24,25). The van der Waals surface area contributed by atoms with Gasteiger partial charge in [0.2, 0.25) is 10.0 Å². The van der Waals surface area contributed by atoms with Gasteiger partial charge in [0.15, 0.2) is 6.10 Å². The zero-order valence-corrected chi connectivity index (χ0v) is 16.6. The van der Waals surface area contributed by atoms with Crippen molar-refractivity contribution in [3.8, 4) is 5.75 Å². The van der Waals surface area contributed by atoms with Crippen LogP contribution in [0.3, 0.4) is 0 Å². The number of fused-ring (bicyclic) bond motifs is 2. The lowest BCUT2D eigenvalue weighted by Gasteiger charge is -2.23. The van der Waals surface area contributed by atoms with Gasteiger partial charge in [-0.15, -0.1) is 0 Å². The van der Waals surface area contributed by atoms with Gasteiger partial charge in [-0.3, -0.25) is 4.79 Å². The molecule has 1 unspecified atom stereocenters. The predicted molar refractivity (Wildman–Crippen MR) is 113 cm³/mol. The molecule has 0 saturated carbocycles. The average molecular weight is 411 g/mol. The highest BCUT2D eigenvalue weighted by molar-refractivity contribution is 7.89. The van der Waals surface area contributed by atoms with Crippen LogP contribution in [0.25, 0.3) is 10.8 Å². The first-order chi connectivity index (χ1) is 13.9. The molecule has 1 atom stereocenters. The minimum Gasteiger partial charge on any atom is -0.479 e. The van der Waals surface area contributed by atoms with E-state index in [4.69, 9.17) is 4.74 Å². The number of amides is 1. The van der Waals surface area contributed by atoms with Crippen LogP contribution in [0, 0.1) is 0 Å². The Hall–Kier alpha value is -3.10. The molecule has 0 aromatic heterocycles. The first-order valence-electron chi connectivity index (χ1n) is 9.27. The topological polar surface area (TPSA) is 96.5 Å². The third kappa shape index (κ3) is 4.03. The molecule has 8 heteroatoms. The van der Waals surface area contributed by atoms with E-state index >= 15 is 0 Å². The smallest absolute Gasteiger partial charge is 0.265 e. The van der Waals surface area contributed by atoms with Gasteiger partial charge in [-0.25, -0.2) is 13.1 Å². The average Bonchev–Trinajstić information content (AvgIpc) is 2.72. The predicted octanol–water partition coefficient (Wildman–Crippen LogP) is 2.95. The SMILES string of the molecule is CC1Oc2ccc(S(=O)(=O)NCCNc3cccc4ccccc34)cc2NC1=O. The summed E-state index contributed by atoms with van der Waals surface area (Å²) in [5.41, 5.74) is 1.30. The van der Waals surface area contributed by atoms with Crippen LogP contribution in [0.5, 0.6) is 5.75 Å². The number of anilines is 2. The van der Waals surface area contributed by atoms with Crippen LogP contribution < -0.4 is 20.1 Å². The molecule has 29 heavy (non-hydrogen) atoms. The van der Waals surface area contributed by atoms with E-state index < -0.39 is 16.1 Å². The van der Waals surface area contributed by atoms with Crippen LogP contribution in [0.15, 0.2) is 65.6 Å². The van der Waals surface area contributed by atoms with Crippen molar-refractivity contribution < 1.29 is 17.9 Å². The Bertz CT molecular complexity index is 1170. The van der Waals surface area contributed by atoms with E-state index in [9.17, 15) is 13.2 Å². The largest absolute Gasteiger partial charge is 0.479 e. The summed E-state index contributed by atoms with van der Waals surface area (Å²) >= 11 is 0. The third-order valence-electron chi connectivity index (χ3n) is 4.71. The van der Waals surface area contributed by atoms with E-state index in [1.807, 2.05) is 42.5 Å². The van der Waals surface area contributed by atoms with E-state index in [2.05, 4.69) is 15.4 Å². The highest BCUT2D eigenvalue weighted by Gasteiger charge is 2.25. The first kappa shape index (κ1) is 19.2. The molecule has 3 aromatic carbocycles. The molecule has 3 N–H and O–H groups in total. The Kier molecular flexibility index (Phi) is 5.12. The molecule has 1 heterocycles. The second-order valence-electron chi connectivity index (χ2n) is 6.76. The van der Waals surface area contributed by atoms with Gasteiger partial charge in [-0.05, 0) is 36.6 Å². The number of carbonyl (C=O) groups is 1. The molecule has 4 rings (SSSR count). The minimum absolute atomic E-state index is 0.0693. The van der Waals surface area contributed by atoms with Gasteiger partial charge >= 0.3 is 0 Å². The fourth-order valence-electron chi connectivity index (χ4n) is 3.20. The number of nitrogens with one attached hydrogen (secondary N) is 3. The molecule has 0 radical (unpaired) electrons. The quantitative estimate of drug-likeness (QED) is 0.542. The monoisotopic (exact) mass is 411 g/mol. The zero-order valence-electron chi connectivity index (χ0n) is 15.8. The van der Waals surface area contributed by atoms with Gasteiger partial charge in [-0.2, -0.15) is 0 Å². The lowest BCUT2D eigenvalue weighted by Crippen LogP contribution is -2.34. The van der Waals surface area contributed by atoms with E-state index in [1.54, 1.807) is 13.0 Å². The number of carbonyl (C=O) groups excluding carboxylic acids is 1. The lowest BCUT2D eigenvalue weighted by atomic mass is 10.1. The van der Waals surface area contributed by atoms with Crippen LogP contribution >= 0.6 is 0 Å². The number of rotatable bonds is 6. The number of benzene rings is 3. The number of hydrogen-bond donors (Lipinski definition) is 3. The van der Waals surface area contributed by atoms with Crippen LogP contribution in [0.4, 0.5) is 11.4 Å². The Balaban J connectivity index is 1.41. The molecule has 0 bridgehead atoms. The van der Waals surface area contributed by atoms with Crippen molar-refractivity contribution in [2.24, 2.45) is 0 Å². The van der Waals surface area contributed by atoms with Gasteiger partial charge < -0.3 is 15.4 Å². The normalized spacial score (nSPS) is 16.0. The highest BCUT2D eigenvalue weighted by Crippen LogP contribution is 2.31. The highest BCUT2D eigenvalue weighted by atomic mass is 32.2. The van der Waals surface area contributed by atoms with E-state index in [0.29, 0.717) is 18.0 Å². The van der Waals surface area contributed by atoms with E-state index in [-0.39, 0.29) is 17.3 Å². The maximum absolute atomic E-state index is 12.6. The Morgan fingerprint density at radius 1 is 1.03 bits per heavy atom. The Labute approximate surface area is 169 Å². The van der Waals surface area contributed by atoms with Crippen molar-refractivity contribution >= 4 is 38.1 Å². The molecule has 150 valence electrons. The summed E-state index contributed by atoms with van der Waals surface area (Å²) in [6.45, 7) is 2.27. The van der Waals surface area contributed by atoms with Crippen molar-refractivity contribution in [2.75, 3.05) is 23.7 Å². The Morgan fingerprint density at radius 3 is 2.69 bits per heavy atom. The van der Waals surface area contributed by atoms with Crippen molar-refractivity contribution in [1.29, 1.82) is 0 Å². The third-order valence-corrected chi connectivity index (χ3v) is 6.17. The van der Waals surface area contributed by atoms with Crippen molar-refractivity contribution in [1.82, 2.24) is 4.72 Å². The van der Waals surface area contributed by atoms with Crippen LogP contribution in [-0.4, -0.2) is 33.5 Å². The summed E-state index contributed by atoms with van der Waals surface area (Å²) in [4.78, 5) is 11.8. The fourth-order valence-corrected chi connectivity index (χ4v) is 4.26. The molecule has 1 aliphatic rings. The Morgan fingerprint density at radius 2 is 1.83 bits per heavy atom. The molecular weight excluding hydrogens is 390 g/mol. The molecule has 0 aliphatic carbocycles. The molecular formula is C21H21N3O4S. The minimum atomic E-state index is -3.72. The summed E-state index contributed by atoms with van der Waals surface area (Å²) in [6, 6.07) is 18.4. The second-order valence-corrected chi connectivity index (χ2v) is 8.53. The van der Waals surface area contributed by atoms with Crippen LogP contribution in [-0.2, 0) is 14.8 Å². The molecule has 7 nitrogen and oxygen atoms in total. The summed E-state index contributed by atoms with van der Waals surface area (Å²) in [6.07, 6.45) is -0.608. The van der Waals surface area contributed by atoms with Gasteiger partial charge in [0.05, 0.1) is 10.6 Å². The molecule has 1 aliphatic heterocycles. The summed E-state index contributed by atoms with van der Waals surface area (Å²) in [7, 11) is -3.72. The van der Waals surface area contributed by atoms with Crippen molar-refractivity contribution in [2.45, 2.75) is 17.9 Å². The van der Waals surface area contributed by atoms with Crippen LogP contribution in [0.1, 0.15) is 6.92 Å². The first-order valence-corrected chi connectivity index (χ1v) is 10.8. The van der Waals surface area contributed by atoms with Crippen LogP contribution in [0.2, 0.25) is 0 Å².